The summed E-state index contributed by atoms with van der Waals surface area (Å²) in [5.41, 5.74) is 1.06. The number of hydrogen-bond acceptors (Lipinski definition) is 4. The van der Waals surface area contributed by atoms with Gasteiger partial charge in [0.1, 0.15) is 5.82 Å². The number of rotatable bonds is 3. The van der Waals surface area contributed by atoms with Gasteiger partial charge in [0.2, 0.25) is 0 Å². The number of amides is 1. The third kappa shape index (κ3) is 3.47. The van der Waals surface area contributed by atoms with Gasteiger partial charge in [-0.15, -0.1) is 0 Å². The van der Waals surface area contributed by atoms with Crippen LogP contribution in [0, 0.1) is 17.2 Å². The van der Waals surface area contributed by atoms with Crippen molar-refractivity contribution in [1.29, 1.82) is 5.26 Å². The molecule has 3 rings (SSSR count). The molecule has 1 aliphatic rings. The van der Waals surface area contributed by atoms with E-state index in [0.29, 0.717) is 30.1 Å². The number of nitriles is 1. The second kappa shape index (κ2) is 6.85. The molecule has 1 aromatic heterocycles. The maximum atomic E-state index is 12.9. The lowest BCUT2D eigenvalue weighted by molar-refractivity contribution is 0.0710. The Morgan fingerprint density at radius 3 is 3.00 bits per heavy atom. The minimum absolute atomic E-state index is 0.0488. The Labute approximate surface area is 141 Å². The van der Waals surface area contributed by atoms with Crippen LogP contribution in [0.5, 0.6) is 0 Å². The molecule has 0 saturated carbocycles. The fourth-order valence-electron chi connectivity index (χ4n) is 3.23. The summed E-state index contributed by atoms with van der Waals surface area (Å²) in [6.45, 7) is 2.93. The SMILES string of the molecule is CN(C)CC1CN(C(=O)c2cccc(C#N)c2)Cc2nccn2C1. The lowest BCUT2D eigenvalue weighted by Crippen LogP contribution is -2.37. The molecule has 6 nitrogen and oxygen atoms in total. The van der Waals surface area contributed by atoms with Gasteiger partial charge in [0, 0.05) is 43.5 Å². The number of hydrogen-bond donors (Lipinski definition) is 0. The van der Waals surface area contributed by atoms with E-state index in [4.69, 9.17) is 5.26 Å². The molecule has 0 fully saturated rings. The van der Waals surface area contributed by atoms with Gasteiger partial charge in [-0.2, -0.15) is 5.26 Å². The zero-order chi connectivity index (χ0) is 17.1. The fourth-order valence-corrected chi connectivity index (χ4v) is 3.23. The lowest BCUT2D eigenvalue weighted by Gasteiger charge is -2.26. The van der Waals surface area contributed by atoms with Gasteiger partial charge < -0.3 is 14.4 Å². The van der Waals surface area contributed by atoms with Crippen molar-refractivity contribution in [3.8, 4) is 6.07 Å². The van der Waals surface area contributed by atoms with Gasteiger partial charge in [0.25, 0.3) is 5.91 Å². The van der Waals surface area contributed by atoms with Crippen LogP contribution in [0.25, 0.3) is 0 Å². The molecular formula is C18H21N5O. The first-order chi connectivity index (χ1) is 11.6. The van der Waals surface area contributed by atoms with E-state index in [9.17, 15) is 4.79 Å². The molecule has 0 aliphatic carbocycles. The van der Waals surface area contributed by atoms with Gasteiger partial charge in [-0.1, -0.05) is 6.07 Å². The van der Waals surface area contributed by atoms with E-state index in [1.807, 2.05) is 25.2 Å². The summed E-state index contributed by atoms with van der Waals surface area (Å²) >= 11 is 0. The molecule has 0 saturated heterocycles. The van der Waals surface area contributed by atoms with E-state index in [0.717, 1.165) is 18.9 Å². The number of benzene rings is 1. The predicted molar refractivity (Wildman–Crippen MR) is 90.2 cm³/mol. The quantitative estimate of drug-likeness (QED) is 0.860. The molecule has 1 aliphatic heterocycles. The Hall–Kier alpha value is -2.65. The van der Waals surface area contributed by atoms with Gasteiger partial charge in [0.15, 0.2) is 0 Å². The van der Waals surface area contributed by atoms with E-state index in [-0.39, 0.29) is 5.91 Å². The fraction of sp³-hybridized carbons (Fsp3) is 0.389. The number of aromatic nitrogens is 2. The molecule has 24 heavy (non-hydrogen) atoms. The van der Waals surface area contributed by atoms with Crippen LogP contribution < -0.4 is 0 Å². The predicted octanol–water partition coefficient (Wildman–Crippen LogP) is 1.59. The second-order valence-electron chi connectivity index (χ2n) is 6.50. The van der Waals surface area contributed by atoms with Crippen molar-refractivity contribution in [3.63, 3.8) is 0 Å². The van der Waals surface area contributed by atoms with E-state index in [2.05, 4.69) is 20.5 Å². The van der Waals surface area contributed by atoms with Crippen molar-refractivity contribution in [2.45, 2.75) is 13.1 Å². The number of carbonyl (C=O) groups excluding carboxylic acids is 1. The van der Waals surface area contributed by atoms with E-state index in [1.54, 1.807) is 30.5 Å². The molecule has 1 amide bonds. The van der Waals surface area contributed by atoms with Gasteiger partial charge in [-0.25, -0.2) is 4.98 Å². The van der Waals surface area contributed by atoms with Crippen LogP contribution in [0.2, 0.25) is 0 Å². The van der Waals surface area contributed by atoms with Gasteiger partial charge >= 0.3 is 0 Å². The summed E-state index contributed by atoms with van der Waals surface area (Å²) in [7, 11) is 4.09. The van der Waals surface area contributed by atoms with Crippen LogP contribution in [0.15, 0.2) is 36.7 Å². The lowest BCUT2D eigenvalue weighted by atomic mass is 10.1. The highest BCUT2D eigenvalue weighted by atomic mass is 16.2. The second-order valence-corrected chi connectivity index (χ2v) is 6.50. The van der Waals surface area contributed by atoms with Gasteiger partial charge in [-0.3, -0.25) is 4.79 Å². The Morgan fingerprint density at radius 2 is 2.25 bits per heavy atom. The number of carbonyl (C=O) groups is 1. The van der Waals surface area contributed by atoms with Crippen LogP contribution in [0.3, 0.4) is 0 Å². The molecule has 0 spiro atoms. The van der Waals surface area contributed by atoms with Crippen molar-refractivity contribution in [3.05, 3.63) is 53.6 Å². The van der Waals surface area contributed by atoms with Crippen LogP contribution in [-0.4, -0.2) is 52.4 Å². The topological polar surface area (TPSA) is 65.2 Å². The highest BCUT2D eigenvalue weighted by Gasteiger charge is 2.26. The summed E-state index contributed by atoms with van der Waals surface area (Å²) < 4.78 is 2.13. The molecule has 2 heterocycles. The molecular weight excluding hydrogens is 302 g/mol. The average Bonchev–Trinajstić information content (AvgIpc) is 2.92. The highest BCUT2D eigenvalue weighted by molar-refractivity contribution is 5.94. The molecule has 6 heteroatoms. The molecule has 0 N–H and O–H groups in total. The third-order valence-electron chi connectivity index (χ3n) is 4.22. The molecule has 2 aromatic rings. The van der Waals surface area contributed by atoms with Crippen LogP contribution >= 0.6 is 0 Å². The van der Waals surface area contributed by atoms with Crippen LogP contribution in [0.4, 0.5) is 0 Å². The van der Waals surface area contributed by atoms with Crippen molar-refractivity contribution in [1.82, 2.24) is 19.4 Å². The molecule has 0 bridgehead atoms. The van der Waals surface area contributed by atoms with Crippen LogP contribution in [-0.2, 0) is 13.1 Å². The Morgan fingerprint density at radius 1 is 1.42 bits per heavy atom. The largest absolute Gasteiger partial charge is 0.333 e. The summed E-state index contributed by atoms with van der Waals surface area (Å²) in [6, 6.07) is 8.97. The third-order valence-corrected chi connectivity index (χ3v) is 4.22. The van der Waals surface area contributed by atoms with Crippen molar-refractivity contribution < 1.29 is 4.79 Å². The maximum Gasteiger partial charge on any atom is 0.254 e. The van der Waals surface area contributed by atoms with Gasteiger partial charge in [-0.05, 0) is 32.3 Å². The molecule has 1 atom stereocenters. The minimum atomic E-state index is -0.0488. The number of imidazole rings is 1. The Bertz CT molecular complexity index is 774. The summed E-state index contributed by atoms with van der Waals surface area (Å²) in [4.78, 5) is 21.3. The summed E-state index contributed by atoms with van der Waals surface area (Å²) in [5.74, 6) is 1.19. The van der Waals surface area contributed by atoms with Crippen LogP contribution in [0.1, 0.15) is 21.7 Å². The normalized spacial score (nSPS) is 17.2. The van der Waals surface area contributed by atoms with Crippen molar-refractivity contribution >= 4 is 5.91 Å². The molecule has 0 radical (unpaired) electrons. The standard InChI is InChI=1S/C18H21N5O/c1-21(2)10-15-11-22-7-6-20-17(22)13-23(12-15)18(24)16-5-3-4-14(8-16)9-19/h3-8,15H,10-13H2,1-2H3. The first-order valence-corrected chi connectivity index (χ1v) is 8.01. The minimum Gasteiger partial charge on any atom is -0.333 e. The average molecular weight is 323 g/mol. The maximum absolute atomic E-state index is 12.9. The van der Waals surface area contributed by atoms with Gasteiger partial charge in [0.05, 0.1) is 18.2 Å². The number of fused-ring (bicyclic) bond motifs is 1. The molecule has 1 aromatic carbocycles. The van der Waals surface area contributed by atoms with E-state index in [1.165, 1.54) is 0 Å². The summed E-state index contributed by atoms with van der Waals surface area (Å²) in [6.07, 6.45) is 3.76. The van der Waals surface area contributed by atoms with E-state index >= 15 is 0 Å². The zero-order valence-corrected chi connectivity index (χ0v) is 14.0. The zero-order valence-electron chi connectivity index (χ0n) is 14.0. The van der Waals surface area contributed by atoms with Crippen molar-refractivity contribution in [2.75, 3.05) is 27.2 Å². The monoisotopic (exact) mass is 323 g/mol. The molecule has 124 valence electrons. The number of nitrogens with zero attached hydrogens (tertiary/aromatic N) is 5. The summed E-state index contributed by atoms with van der Waals surface area (Å²) in [5, 5.41) is 9.05. The smallest absolute Gasteiger partial charge is 0.254 e. The van der Waals surface area contributed by atoms with E-state index < -0.39 is 0 Å². The van der Waals surface area contributed by atoms with Crippen molar-refractivity contribution in [2.24, 2.45) is 5.92 Å². The first-order valence-electron chi connectivity index (χ1n) is 8.01. The Balaban J connectivity index is 1.88. The molecule has 1 unspecified atom stereocenters. The first kappa shape index (κ1) is 16.2. The highest BCUT2D eigenvalue weighted by Crippen LogP contribution is 2.19. The Kier molecular flexibility index (Phi) is 4.63.